The van der Waals surface area contributed by atoms with E-state index in [4.69, 9.17) is 5.73 Å². The van der Waals surface area contributed by atoms with E-state index in [1.807, 2.05) is 11.8 Å². The molecule has 1 atom stereocenters. The summed E-state index contributed by atoms with van der Waals surface area (Å²) in [6.07, 6.45) is 1.08. The van der Waals surface area contributed by atoms with Crippen LogP contribution in [0.25, 0.3) is 0 Å². The summed E-state index contributed by atoms with van der Waals surface area (Å²) in [6, 6.07) is 0. The average Bonchev–Trinajstić information content (AvgIpc) is 2.63. The van der Waals surface area contributed by atoms with Gasteiger partial charge in [0.2, 0.25) is 0 Å². The Kier molecular flexibility index (Phi) is 5.28. The minimum atomic E-state index is 0.177. The van der Waals surface area contributed by atoms with E-state index < -0.39 is 0 Å². The van der Waals surface area contributed by atoms with Gasteiger partial charge in [0.1, 0.15) is 0 Å². The Morgan fingerprint density at radius 1 is 1.50 bits per heavy atom. The maximum Gasteiger partial charge on any atom is 0.0982 e. The van der Waals surface area contributed by atoms with Crippen molar-refractivity contribution < 1.29 is 0 Å². The van der Waals surface area contributed by atoms with Crippen molar-refractivity contribution in [1.29, 1.82) is 0 Å². The molecule has 0 aliphatic carbocycles. The zero-order valence-corrected chi connectivity index (χ0v) is 12.3. The van der Waals surface area contributed by atoms with Gasteiger partial charge in [-0.05, 0) is 13.0 Å². The van der Waals surface area contributed by atoms with Crippen molar-refractivity contribution >= 4 is 23.1 Å². The second-order valence-corrected chi connectivity index (χ2v) is 7.38. The predicted molar refractivity (Wildman–Crippen MR) is 75.2 cm³/mol. The summed E-state index contributed by atoms with van der Waals surface area (Å²) in [5.41, 5.74) is 6.92. The lowest BCUT2D eigenvalue weighted by atomic mass is 9.98. The highest BCUT2D eigenvalue weighted by molar-refractivity contribution is 7.99. The Hall–Kier alpha value is -0.0600. The van der Waals surface area contributed by atoms with Gasteiger partial charge in [-0.25, -0.2) is 4.98 Å². The molecule has 0 aliphatic heterocycles. The molecular formula is C12H22N2S2. The van der Waals surface area contributed by atoms with E-state index in [0.29, 0.717) is 5.25 Å². The van der Waals surface area contributed by atoms with Gasteiger partial charge in [-0.15, -0.1) is 11.3 Å². The molecule has 2 nitrogen and oxygen atoms in total. The van der Waals surface area contributed by atoms with Crippen molar-refractivity contribution in [2.24, 2.45) is 5.73 Å². The number of hydrogen-bond acceptors (Lipinski definition) is 4. The zero-order valence-electron chi connectivity index (χ0n) is 10.6. The molecular weight excluding hydrogens is 236 g/mol. The lowest BCUT2D eigenvalue weighted by Crippen LogP contribution is -2.10. The molecule has 0 saturated carbocycles. The second kappa shape index (κ2) is 6.03. The van der Waals surface area contributed by atoms with Crippen LogP contribution in [0.4, 0.5) is 0 Å². The van der Waals surface area contributed by atoms with Crippen LogP contribution in [0.15, 0.2) is 5.38 Å². The highest BCUT2D eigenvalue weighted by atomic mass is 32.2. The van der Waals surface area contributed by atoms with Gasteiger partial charge in [0.05, 0.1) is 10.7 Å². The van der Waals surface area contributed by atoms with Gasteiger partial charge in [0.15, 0.2) is 0 Å². The van der Waals surface area contributed by atoms with Crippen LogP contribution in [0.1, 0.15) is 44.8 Å². The predicted octanol–water partition coefficient (Wildman–Crippen LogP) is 3.41. The van der Waals surface area contributed by atoms with Crippen molar-refractivity contribution in [2.75, 3.05) is 6.54 Å². The minimum Gasteiger partial charge on any atom is -0.330 e. The summed E-state index contributed by atoms with van der Waals surface area (Å²) in [5, 5.41) is 4.04. The monoisotopic (exact) mass is 258 g/mol. The van der Waals surface area contributed by atoms with Crippen LogP contribution in [0, 0.1) is 0 Å². The summed E-state index contributed by atoms with van der Waals surface area (Å²) in [7, 11) is 0. The van der Waals surface area contributed by atoms with Crippen LogP contribution in [-0.2, 0) is 11.2 Å². The van der Waals surface area contributed by atoms with Crippen molar-refractivity contribution in [2.45, 2.75) is 50.5 Å². The molecule has 0 aromatic carbocycles. The molecule has 1 aromatic heterocycles. The summed E-state index contributed by atoms with van der Waals surface area (Å²) in [5.74, 6) is 1.01. The van der Waals surface area contributed by atoms with Crippen molar-refractivity contribution in [3.05, 3.63) is 16.1 Å². The van der Waals surface area contributed by atoms with E-state index in [9.17, 15) is 0 Å². The molecule has 0 bridgehead atoms. The summed E-state index contributed by atoms with van der Waals surface area (Å²) >= 11 is 3.71. The number of thiazole rings is 1. The topological polar surface area (TPSA) is 38.9 Å². The molecule has 1 unspecified atom stereocenters. The maximum atomic E-state index is 5.53. The third-order valence-electron chi connectivity index (χ3n) is 2.28. The van der Waals surface area contributed by atoms with Gasteiger partial charge in [-0.1, -0.05) is 27.7 Å². The number of thioether (sulfide) groups is 1. The van der Waals surface area contributed by atoms with Gasteiger partial charge in [0.25, 0.3) is 0 Å². The smallest absolute Gasteiger partial charge is 0.0982 e. The number of rotatable bonds is 5. The molecule has 0 aliphatic rings. The molecule has 0 fully saturated rings. The zero-order chi connectivity index (χ0) is 12.2. The standard InChI is InChI=1S/C12H22N2S2/c1-9(5-6-13)15-7-10-8-16-11(14-10)12(2,3)4/h8-9H,5-7,13H2,1-4H3. The largest absolute Gasteiger partial charge is 0.330 e. The maximum absolute atomic E-state index is 5.53. The third-order valence-corrected chi connectivity index (χ3v) is 4.87. The fraction of sp³-hybridized carbons (Fsp3) is 0.750. The number of aromatic nitrogens is 1. The normalized spacial score (nSPS) is 14.1. The van der Waals surface area contributed by atoms with Crippen molar-refractivity contribution in [3.63, 3.8) is 0 Å². The van der Waals surface area contributed by atoms with Crippen LogP contribution in [-0.4, -0.2) is 16.8 Å². The minimum absolute atomic E-state index is 0.177. The van der Waals surface area contributed by atoms with Crippen LogP contribution in [0.5, 0.6) is 0 Å². The molecule has 92 valence electrons. The van der Waals surface area contributed by atoms with Crippen LogP contribution >= 0.6 is 23.1 Å². The van der Waals surface area contributed by atoms with E-state index in [0.717, 1.165) is 18.7 Å². The molecule has 1 rings (SSSR count). The molecule has 4 heteroatoms. The fourth-order valence-corrected chi connectivity index (χ4v) is 3.18. The molecule has 1 aromatic rings. The van der Waals surface area contributed by atoms with E-state index >= 15 is 0 Å². The molecule has 0 spiro atoms. The Bertz CT molecular complexity index is 315. The van der Waals surface area contributed by atoms with Crippen LogP contribution in [0.3, 0.4) is 0 Å². The SMILES string of the molecule is CC(CCN)SCc1csc(C(C)(C)C)n1. The lowest BCUT2D eigenvalue weighted by Gasteiger charge is -2.13. The first-order valence-corrected chi connectivity index (χ1v) is 7.63. The van der Waals surface area contributed by atoms with E-state index in [-0.39, 0.29) is 5.41 Å². The number of nitrogens with zero attached hydrogens (tertiary/aromatic N) is 1. The number of hydrogen-bond donors (Lipinski definition) is 1. The molecule has 2 N–H and O–H groups in total. The molecule has 0 radical (unpaired) electrons. The van der Waals surface area contributed by atoms with Crippen molar-refractivity contribution in [3.8, 4) is 0 Å². The Morgan fingerprint density at radius 3 is 2.69 bits per heavy atom. The highest BCUT2D eigenvalue weighted by Crippen LogP contribution is 2.27. The lowest BCUT2D eigenvalue weighted by molar-refractivity contribution is 0.584. The van der Waals surface area contributed by atoms with E-state index in [1.54, 1.807) is 11.3 Å². The van der Waals surface area contributed by atoms with Crippen LogP contribution in [0.2, 0.25) is 0 Å². The molecule has 0 saturated heterocycles. The van der Waals surface area contributed by atoms with Crippen molar-refractivity contribution in [1.82, 2.24) is 4.98 Å². The summed E-state index contributed by atoms with van der Waals surface area (Å²) in [6.45, 7) is 9.63. The fourth-order valence-electron chi connectivity index (χ4n) is 1.26. The average molecular weight is 258 g/mol. The molecule has 0 amide bonds. The van der Waals surface area contributed by atoms with Gasteiger partial charge in [0, 0.05) is 21.8 Å². The highest BCUT2D eigenvalue weighted by Gasteiger charge is 2.18. The Morgan fingerprint density at radius 2 is 2.19 bits per heavy atom. The van der Waals surface area contributed by atoms with Gasteiger partial charge < -0.3 is 5.73 Å². The second-order valence-electron chi connectivity index (χ2n) is 5.09. The van der Waals surface area contributed by atoms with Gasteiger partial charge in [-0.3, -0.25) is 0 Å². The van der Waals surface area contributed by atoms with E-state index in [1.165, 1.54) is 10.7 Å². The first-order valence-electron chi connectivity index (χ1n) is 5.70. The van der Waals surface area contributed by atoms with Gasteiger partial charge in [-0.2, -0.15) is 11.8 Å². The summed E-state index contributed by atoms with van der Waals surface area (Å²) in [4.78, 5) is 4.68. The Balaban J connectivity index is 2.47. The quantitative estimate of drug-likeness (QED) is 0.879. The first kappa shape index (κ1) is 14.0. The molecule has 16 heavy (non-hydrogen) atoms. The van der Waals surface area contributed by atoms with Crippen LogP contribution < -0.4 is 5.73 Å². The van der Waals surface area contributed by atoms with E-state index in [2.05, 4.69) is 38.1 Å². The Labute approximate surface area is 107 Å². The molecule has 1 heterocycles. The summed E-state index contributed by atoms with van der Waals surface area (Å²) < 4.78 is 0. The number of nitrogens with two attached hydrogens (primary N) is 1. The first-order chi connectivity index (χ1) is 7.43. The van der Waals surface area contributed by atoms with Gasteiger partial charge >= 0.3 is 0 Å². The third kappa shape index (κ3) is 4.44.